The predicted octanol–water partition coefficient (Wildman–Crippen LogP) is 2.72. The van der Waals surface area contributed by atoms with Crippen LogP contribution >= 0.6 is 0 Å². The molecule has 0 saturated heterocycles. The van der Waals surface area contributed by atoms with E-state index in [0.717, 1.165) is 16.8 Å². The second kappa shape index (κ2) is 4.26. The van der Waals surface area contributed by atoms with Gasteiger partial charge in [-0.1, -0.05) is 24.3 Å². The molecule has 0 aromatic heterocycles. The second-order valence-corrected chi connectivity index (χ2v) is 4.29. The number of carbonyl (C=O) groups is 1. The Morgan fingerprint density at radius 2 is 2.22 bits per heavy atom. The molecule has 0 unspecified atom stereocenters. The summed E-state index contributed by atoms with van der Waals surface area (Å²) in [6, 6.07) is 8.13. The first-order chi connectivity index (χ1) is 8.79. The first-order valence-corrected chi connectivity index (χ1v) is 6.04. The van der Waals surface area contributed by atoms with Crippen LogP contribution in [0.2, 0.25) is 0 Å². The van der Waals surface area contributed by atoms with Crippen LogP contribution < -0.4 is 0 Å². The van der Waals surface area contributed by atoms with Gasteiger partial charge in [0.2, 0.25) is 0 Å². The van der Waals surface area contributed by atoms with Gasteiger partial charge in [0.1, 0.15) is 0 Å². The third-order valence-electron chi connectivity index (χ3n) is 3.12. The maximum Gasteiger partial charge on any atom is 0.335 e. The Kier molecular flexibility index (Phi) is 2.59. The van der Waals surface area contributed by atoms with Crippen LogP contribution in [0.4, 0.5) is 0 Å². The maximum absolute atomic E-state index is 11.7. The minimum atomic E-state index is -0.267. The van der Waals surface area contributed by atoms with Crippen molar-refractivity contribution in [3.8, 4) is 0 Å². The van der Waals surface area contributed by atoms with Gasteiger partial charge in [0.05, 0.1) is 17.9 Å². The van der Waals surface area contributed by atoms with Crippen molar-refractivity contribution in [2.45, 2.75) is 13.3 Å². The van der Waals surface area contributed by atoms with Crippen LogP contribution in [0.5, 0.6) is 0 Å². The maximum atomic E-state index is 11.7. The van der Waals surface area contributed by atoms with Gasteiger partial charge in [-0.05, 0) is 24.1 Å². The van der Waals surface area contributed by atoms with Gasteiger partial charge in [-0.15, -0.1) is 0 Å². The number of aliphatic imine (C=N–C) groups is 1. The summed E-state index contributed by atoms with van der Waals surface area (Å²) in [6.07, 6.45) is 4.33. The molecule has 1 aromatic rings. The molecule has 0 amide bonds. The van der Waals surface area contributed by atoms with Crippen LogP contribution in [0.15, 0.2) is 46.6 Å². The zero-order chi connectivity index (χ0) is 12.5. The number of hydrogen-bond acceptors (Lipinski definition) is 3. The smallest absolute Gasteiger partial charge is 0.335 e. The SMILES string of the molecule is CCOC(=O)C1=CN=C2C(=Cc3ccccc32)C1. The van der Waals surface area contributed by atoms with E-state index in [4.69, 9.17) is 4.74 Å². The number of hydrogen-bond donors (Lipinski definition) is 0. The Balaban J connectivity index is 1.94. The first-order valence-electron chi connectivity index (χ1n) is 6.04. The summed E-state index contributed by atoms with van der Waals surface area (Å²) in [5.41, 5.74) is 5.02. The topological polar surface area (TPSA) is 38.7 Å². The standard InChI is InChI=1S/C15H13NO2/c1-2-18-15(17)12-8-11-7-10-5-3-4-6-13(10)14(11)16-9-12/h3-7,9H,2,8H2,1H3. The molecule has 1 aromatic carbocycles. The van der Waals surface area contributed by atoms with Gasteiger partial charge in [-0.25, -0.2) is 4.79 Å². The van der Waals surface area contributed by atoms with Crippen molar-refractivity contribution in [3.05, 3.63) is 52.7 Å². The van der Waals surface area contributed by atoms with Crippen molar-refractivity contribution in [1.82, 2.24) is 0 Å². The lowest BCUT2D eigenvalue weighted by Gasteiger charge is -2.12. The van der Waals surface area contributed by atoms with Crippen LogP contribution in [0.3, 0.4) is 0 Å². The Hall–Kier alpha value is -2.16. The number of fused-ring (bicyclic) bond motifs is 3. The average Bonchev–Trinajstić information content (AvgIpc) is 2.76. The summed E-state index contributed by atoms with van der Waals surface area (Å²) in [5, 5.41) is 0. The van der Waals surface area contributed by atoms with Crippen molar-refractivity contribution < 1.29 is 9.53 Å². The highest BCUT2D eigenvalue weighted by molar-refractivity contribution is 6.22. The largest absolute Gasteiger partial charge is 0.463 e. The third-order valence-corrected chi connectivity index (χ3v) is 3.12. The summed E-state index contributed by atoms with van der Waals surface area (Å²) in [4.78, 5) is 16.1. The molecule has 1 heterocycles. The van der Waals surface area contributed by atoms with Crippen molar-refractivity contribution in [1.29, 1.82) is 0 Å². The second-order valence-electron chi connectivity index (χ2n) is 4.29. The third kappa shape index (κ3) is 1.68. The number of rotatable bonds is 2. The van der Waals surface area contributed by atoms with Gasteiger partial charge in [-0.2, -0.15) is 0 Å². The molecule has 2 aliphatic rings. The number of allylic oxidation sites excluding steroid dienone is 1. The molecule has 1 aliphatic heterocycles. The van der Waals surface area contributed by atoms with Crippen LogP contribution in [0.25, 0.3) is 6.08 Å². The fraction of sp³-hybridized carbons (Fsp3) is 0.200. The molecule has 0 radical (unpaired) electrons. The van der Waals surface area contributed by atoms with Crippen LogP contribution in [0, 0.1) is 0 Å². The number of esters is 1. The Morgan fingerprint density at radius 1 is 1.39 bits per heavy atom. The average molecular weight is 239 g/mol. The van der Waals surface area contributed by atoms with E-state index >= 15 is 0 Å². The summed E-state index contributed by atoms with van der Waals surface area (Å²) in [5.74, 6) is -0.267. The normalized spacial score (nSPS) is 16.2. The van der Waals surface area contributed by atoms with E-state index in [1.165, 1.54) is 5.56 Å². The monoisotopic (exact) mass is 239 g/mol. The summed E-state index contributed by atoms with van der Waals surface area (Å²) >= 11 is 0. The van der Waals surface area contributed by atoms with Gasteiger partial charge in [0.15, 0.2) is 0 Å². The lowest BCUT2D eigenvalue weighted by atomic mass is 9.99. The molecular weight excluding hydrogens is 226 g/mol. The Bertz CT molecular complexity index is 609. The predicted molar refractivity (Wildman–Crippen MR) is 70.3 cm³/mol. The fourth-order valence-corrected chi connectivity index (χ4v) is 2.30. The van der Waals surface area contributed by atoms with Crippen LogP contribution in [-0.2, 0) is 9.53 Å². The van der Waals surface area contributed by atoms with E-state index in [1.807, 2.05) is 12.1 Å². The molecule has 18 heavy (non-hydrogen) atoms. The Labute approximate surface area is 105 Å². The highest BCUT2D eigenvalue weighted by Gasteiger charge is 2.25. The summed E-state index contributed by atoms with van der Waals surface area (Å²) < 4.78 is 5.00. The van der Waals surface area contributed by atoms with Crippen molar-refractivity contribution in [2.75, 3.05) is 6.61 Å². The summed E-state index contributed by atoms with van der Waals surface area (Å²) in [6.45, 7) is 2.20. The minimum Gasteiger partial charge on any atom is -0.463 e. The zero-order valence-corrected chi connectivity index (χ0v) is 10.1. The molecule has 90 valence electrons. The molecule has 1 aliphatic carbocycles. The van der Waals surface area contributed by atoms with Crippen molar-refractivity contribution >= 4 is 17.8 Å². The van der Waals surface area contributed by atoms with Crippen molar-refractivity contribution in [2.24, 2.45) is 4.99 Å². The van der Waals surface area contributed by atoms with Gasteiger partial charge in [0, 0.05) is 18.2 Å². The molecule has 3 rings (SSSR count). The van der Waals surface area contributed by atoms with E-state index in [1.54, 1.807) is 13.1 Å². The molecule has 0 spiro atoms. The highest BCUT2D eigenvalue weighted by Crippen LogP contribution is 2.32. The van der Waals surface area contributed by atoms with Gasteiger partial charge < -0.3 is 4.74 Å². The first kappa shape index (κ1) is 11.0. The summed E-state index contributed by atoms with van der Waals surface area (Å²) in [7, 11) is 0. The molecule has 0 fully saturated rings. The van der Waals surface area contributed by atoms with Crippen molar-refractivity contribution in [3.63, 3.8) is 0 Å². The van der Waals surface area contributed by atoms with E-state index in [2.05, 4.69) is 23.2 Å². The fourth-order valence-electron chi connectivity index (χ4n) is 2.30. The van der Waals surface area contributed by atoms with E-state index in [0.29, 0.717) is 18.6 Å². The minimum absolute atomic E-state index is 0.267. The number of ether oxygens (including phenoxy) is 1. The van der Waals surface area contributed by atoms with Crippen LogP contribution in [0.1, 0.15) is 24.5 Å². The lowest BCUT2D eigenvalue weighted by molar-refractivity contribution is -0.138. The highest BCUT2D eigenvalue weighted by atomic mass is 16.5. The zero-order valence-electron chi connectivity index (χ0n) is 10.1. The Morgan fingerprint density at radius 3 is 3.06 bits per heavy atom. The van der Waals surface area contributed by atoms with E-state index in [9.17, 15) is 4.79 Å². The quantitative estimate of drug-likeness (QED) is 0.744. The molecule has 3 heteroatoms. The molecule has 0 atom stereocenters. The molecule has 0 N–H and O–H groups in total. The van der Waals surface area contributed by atoms with E-state index in [-0.39, 0.29) is 5.97 Å². The molecular formula is C15H13NO2. The molecule has 3 nitrogen and oxygen atoms in total. The van der Waals surface area contributed by atoms with Gasteiger partial charge in [0.25, 0.3) is 0 Å². The van der Waals surface area contributed by atoms with Gasteiger partial charge in [-0.3, -0.25) is 4.99 Å². The number of benzene rings is 1. The number of carbonyl (C=O) groups excluding carboxylic acids is 1. The number of nitrogens with zero attached hydrogens (tertiary/aromatic N) is 1. The van der Waals surface area contributed by atoms with Crippen LogP contribution in [-0.4, -0.2) is 18.3 Å². The molecule has 0 bridgehead atoms. The lowest BCUT2D eigenvalue weighted by Crippen LogP contribution is -2.13. The van der Waals surface area contributed by atoms with Gasteiger partial charge >= 0.3 is 5.97 Å². The van der Waals surface area contributed by atoms with E-state index < -0.39 is 0 Å². The molecule has 0 saturated carbocycles.